The van der Waals surface area contributed by atoms with Crippen molar-refractivity contribution in [3.05, 3.63) is 46.5 Å². The third-order valence-corrected chi connectivity index (χ3v) is 6.48. The van der Waals surface area contributed by atoms with Gasteiger partial charge in [-0.2, -0.15) is 0 Å². The number of quaternary nitrogens is 1. The van der Waals surface area contributed by atoms with E-state index in [9.17, 15) is 5.11 Å². The minimum absolute atomic E-state index is 0.245. The molecule has 0 radical (unpaired) electrons. The Morgan fingerprint density at radius 1 is 0.962 bits per heavy atom. The average molecular weight is 354 g/mol. The molecule has 134 valence electrons. The van der Waals surface area contributed by atoms with Crippen molar-refractivity contribution in [3.8, 4) is 23.0 Å². The summed E-state index contributed by atoms with van der Waals surface area (Å²) in [6.45, 7) is 2.08. The van der Waals surface area contributed by atoms with E-state index in [0.29, 0.717) is 17.4 Å². The molecule has 1 N–H and O–H groups in total. The first kappa shape index (κ1) is 14.7. The smallest absolute Gasteiger partial charge is 0.232 e. The van der Waals surface area contributed by atoms with Crippen LogP contribution in [0.3, 0.4) is 0 Å². The Morgan fingerprint density at radius 2 is 1.73 bits per heavy atom. The Kier molecular flexibility index (Phi) is 2.62. The molecule has 6 heteroatoms. The van der Waals surface area contributed by atoms with Gasteiger partial charge < -0.3 is 24.1 Å². The van der Waals surface area contributed by atoms with E-state index in [1.54, 1.807) is 0 Å². The van der Waals surface area contributed by atoms with E-state index in [2.05, 4.69) is 13.1 Å². The maximum absolute atomic E-state index is 11.9. The number of likely N-dealkylation sites (N-methyl/N-ethyl adjacent to an activating group) is 1. The highest BCUT2D eigenvalue weighted by Crippen LogP contribution is 2.52. The van der Waals surface area contributed by atoms with Crippen LogP contribution in [0.4, 0.5) is 0 Å². The van der Waals surface area contributed by atoms with Crippen LogP contribution in [0.5, 0.6) is 23.0 Å². The van der Waals surface area contributed by atoms with Crippen molar-refractivity contribution in [2.45, 2.75) is 25.1 Å². The number of nitrogens with zero attached hydrogens (tertiary/aromatic N) is 1. The van der Waals surface area contributed by atoms with Gasteiger partial charge in [-0.1, -0.05) is 6.07 Å². The summed E-state index contributed by atoms with van der Waals surface area (Å²) < 4.78 is 22.9. The van der Waals surface area contributed by atoms with Crippen LogP contribution in [-0.4, -0.2) is 36.8 Å². The lowest BCUT2D eigenvalue weighted by molar-refractivity contribution is -1.01. The summed E-state index contributed by atoms with van der Waals surface area (Å²) in [4.78, 5) is 0. The second-order valence-electron chi connectivity index (χ2n) is 7.82. The third-order valence-electron chi connectivity index (χ3n) is 6.48. The zero-order valence-corrected chi connectivity index (χ0v) is 14.6. The standard InChI is InChI=1S/C20H20NO5/c1-21-5-4-12-6-17-18(25-10-24-17)7-15(12)20(21,22)8-13-2-3-16-19(14(13)9-21)26-11-23-16/h2-3,6-7,22H,4-5,8-11H2,1H3/q+1/t20-,21?/m0/s1. The van der Waals surface area contributed by atoms with Crippen LogP contribution < -0.4 is 18.9 Å². The van der Waals surface area contributed by atoms with Gasteiger partial charge in [-0.3, -0.25) is 4.48 Å². The summed E-state index contributed by atoms with van der Waals surface area (Å²) >= 11 is 0. The summed E-state index contributed by atoms with van der Waals surface area (Å²) in [5.74, 6) is 3.16. The van der Waals surface area contributed by atoms with Gasteiger partial charge in [-0.05, 0) is 29.3 Å². The number of aliphatic hydroxyl groups is 1. The molecule has 6 rings (SSSR count). The van der Waals surface area contributed by atoms with Gasteiger partial charge in [0.05, 0.1) is 25.6 Å². The maximum atomic E-state index is 11.9. The van der Waals surface area contributed by atoms with Crippen LogP contribution in [0.25, 0.3) is 0 Å². The van der Waals surface area contributed by atoms with E-state index in [-0.39, 0.29) is 13.6 Å². The Labute approximate surface area is 151 Å². The number of ether oxygens (including phenoxy) is 4. The van der Waals surface area contributed by atoms with Gasteiger partial charge in [0.1, 0.15) is 6.54 Å². The molecule has 4 heterocycles. The van der Waals surface area contributed by atoms with Gasteiger partial charge in [0.2, 0.25) is 19.3 Å². The molecular weight excluding hydrogens is 334 g/mol. The summed E-state index contributed by atoms with van der Waals surface area (Å²) in [6, 6.07) is 8.02. The number of fused-ring (bicyclic) bond motifs is 7. The Hall–Kier alpha value is -2.44. The maximum Gasteiger partial charge on any atom is 0.232 e. The molecule has 2 atom stereocenters. The fourth-order valence-electron chi connectivity index (χ4n) is 4.93. The second-order valence-corrected chi connectivity index (χ2v) is 7.82. The molecule has 0 aliphatic carbocycles. The summed E-state index contributed by atoms with van der Waals surface area (Å²) in [6.07, 6.45) is 1.44. The molecular formula is C20H20NO5+. The highest BCUT2D eigenvalue weighted by molar-refractivity contribution is 5.55. The first-order chi connectivity index (χ1) is 12.6. The van der Waals surface area contributed by atoms with Gasteiger partial charge in [-0.15, -0.1) is 0 Å². The van der Waals surface area contributed by atoms with Crippen LogP contribution in [0.1, 0.15) is 22.3 Å². The molecule has 1 unspecified atom stereocenters. The summed E-state index contributed by atoms with van der Waals surface area (Å²) in [5, 5.41) is 11.9. The highest BCUT2D eigenvalue weighted by Gasteiger charge is 2.56. The quantitative estimate of drug-likeness (QED) is 0.734. The van der Waals surface area contributed by atoms with Crippen molar-refractivity contribution >= 4 is 0 Å². The zero-order valence-electron chi connectivity index (χ0n) is 14.6. The van der Waals surface area contributed by atoms with Gasteiger partial charge >= 0.3 is 0 Å². The van der Waals surface area contributed by atoms with Crippen molar-refractivity contribution in [2.24, 2.45) is 0 Å². The molecule has 0 bridgehead atoms. The minimum atomic E-state index is -0.991. The van der Waals surface area contributed by atoms with Crippen molar-refractivity contribution in [1.82, 2.24) is 0 Å². The van der Waals surface area contributed by atoms with E-state index in [0.717, 1.165) is 58.2 Å². The Bertz CT molecular complexity index is 958. The predicted octanol–water partition coefficient (Wildman–Crippen LogP) is 2.05. The van der Waals surface area contributed by atoms with E-state index < -0.39 is 5.72 Å². The van der Waals surface area contributed by atoms with Crippen molar-refractivity contribution in [1.29, 1.82) is 0 Å². The van der Waals surface area contributed by atoms with Crippen LogP contribution in [0.15, 0.2) is 24.3 Å². The number of benzene rings is 2. The van der Waals surface area contributed by atoms with E-state index >= 15 is 0 Å². The van der Waals surface area contributed by atoms with E-state index in [4.69, 9.17) is 18.9 Å². The van der Waals surface area contributed by atoms with E-state index in [1.807, 2.05) is 18.2 Å². The molecule has 0 aromatic heterocycles. The molecule has 6 nitrogen and oxygen atoms in total. The fraction of sp³-hybridized carbons (Fsp3) is 0.400. The molecule has 2 aromatic rings. The van der Waals surface area contributed by atoms with Gasteiger partial charge in [-0.25, -0.2) is 0 Å². The Morgan fingerprint density at radius 3 is 2.62 bits per heavy atom. The molecule has 0 fully saturated rings. The predicted molar refractivity (Wildman–Crippen MR) is 91.2 cm³/mol. The zero-order chi connectivity index (χ0) is 17.5. The number of hydrogen-bond donors (Lipinski definition) is 1. The highest BCUT2D eigenvalue weighted by atomic mass is 16.7. The third kappa shape index (κ3) is 1.68. The largest absolute Gasteiger partial charge is 0.454 e. The molecule has 4 aliphatic heterocycles. The minimum Gasteiger partial charge on any atom is -0.454 e. The molecule has 0 saturated heterocycles. The lowest BCUT2D eigenvalue weighted by Crippen LogP contribution is -2.65. The SMILES string of the molecule is C[N+]12CCc3cc4c(cc3[C@@]1(O)Cc1ccc3c(c1C2)OCO3)OCO4. The van der Waals surface area contributed by atoms with Gasteiger partial charge in [0.25, 0.3) is 0 Å². The molecule has 4 aliphatic rings. The normalized spacial score (nSPS) is 29.8. The van der Waals surface area contributed by atoms with Crippen molar-refractivity contribution in [3.63, 3.8) is 0 Å². The first-order valence-corrected chi connectivity index (χ1v) is 8.98. The number of hydrogen-bond acceptors (Lipinski definition) is 5. The van der Waals surface area contributed by atoms with Gasteiger partial charge in [0, 0.05) is 12.0 Å². The van der Waals surface area contributed by atoms with Crippen LogP contribution in [-0.2, 0) is 25.1 Å². The van der Waals surface area contributed by atoms with Gasteiger partial charge in [0.15, 0.2) is 23.0 Å². The number of rotatable bonds is 0. The molecule has 26 heavy (non-hydrogen) atoms. The van der Waals surface area contributed by atoms with Crippen LogP contribution in [0.2, 0.25) is 0 Å². The summed E-state index contributed by atoms with van der Waals surface area (Å²) in [5.41, 5.74) is 3.40. The monoisotopic (exact) mass is 354 g/mol. The molecule has 0 amide bonds. The second kappa shape index (κ2) is 4.64. The van der Waals surface area contributed by atoms with Crippen LogP contribution >= 0.6 is 0 Å². The lowest BCUT2D eigenvalue weighted by atomic mass is 9.78. The van der Waals surface area contributed by atoms with Crippen molar-refractivity contribution < 1.29 is 28.5 Å². The lowest BCUT2D eigenvalue weighted by Gasteiger charge is -2.53. The molecule has 0 saturated carbocycles. The van der Waals surface area contributed by atoms with Crippen LogP contribution in [0, 0.1) is 0 Å². The molecule has 0 spiro atoms. The molecule has 2 aromatic carbocycles. The van der Waals surface area contributed by atoms with Crippen molar-refractivity contribution in [2.75, 3.05) is 27.2 Å². The topological polar surface area (TPSA) is 57.2 Å². The average Bonchev–Trinajstić information content (AvgIpc) is 3.28. The Balaban J connectivity index is 1.54. The first-order valence-electron chi connectivity index (χ1n) is 8.98. The van der Waals surface area contributed by atoms with E-state index in [1.165, 1.54) is 0 Å². The fourth-order valence-corrected chi connectivity index (χ4v) is 4.93. The summed E-state index contributed by atoms with van der Waals surface area (Å²) in [7, 11) is 2.13.